The highest BCUT2D eigenvalue weighted by Crippen LogP contribution is 2.39. The molecule has 33 heavy (non-hydrogen) atoms. The fraction of sp³-hybridized carbons (Fsp3) is 0.154. The Balaban J connectivity index is 1.98. The lowest BCUT2D eigenvalue weighted by molar-refractivity contribution is -0.142. The van der Waals surface area contributed by atoms with Gasteiger partial charge in [-0.05, 0) is 35.9 Å². The Morgan fingerprint density at radius 3 is 2.03 bits per heavy atom. The van der Waals surface area contributed by atoms with Crippen LogP contribution in [0.2, 0.25) is 0 Å². The highest BCUT2D eigenvalue weighted by Gasteiger charge is 2.22. The van der Waals surface area contributed by atoms with E-state index in [4.69, 9.17) is 9.72 Å². The number of fused-ring (bicyclic) bond motifs is 2. The molecular weight excluding hydrogens is 418 g/mol. The smallest absolute Gasteiger partial charge is 0.302 e. The molecule has 1 N–H and O–H groups in total. The third kappa shape index (κ3) is 4.67. The Labute approximate surface area is 191 Å². The van der Waals surface area contributed by atoms with E-state index in [0.717, 1.165) is 21.8 Å². The van der Waals surface area contributed by atoms with E-state index in [1.54, 1.807) is 23.1 Å². The van der Waals surface area contributed by atoms with Crippen molar-refractivity contribution >= 4 is 56.7 Å². The second-order valence-corrected chi connectivity index (χ2v) is 7.70. The van der Waals surface area contributed by atoms with Gasteiger partial charge < -0.3 is 10.1 Å². The van der Waals surface area contributed by atoms with E-state index in [9.17, 15) is 14.4 Å². The van der Waals surface area contributed by atoms with Crippen molar-refractivity contribution in [2.45, 2.75) is 27.4 Å². The number of nitrogens with zero attached hydrogens (tertiary/aromatic N) is 2. The summed E-state index contributed by atoms with van der Waals surface area (Å²) in [6.07, 6.45) is 0. The number of para-hydroxylation sites is 2. The second kappa shape index (κ2) is 9.08. The number of ether oxygens (including phenoxy) is 1. The number of amides is 2. The largest absolute Gasteiger partial charge is 0.461 e. The normalized spacial score (nSPS) is 10.8. The molecule has 4 aromatic rings. The van der Waals surface area contributed by atoms with Crippen LogP contribution in [-0.4, -0.2) is 22.8 Å². The molecule has 3 aromatic carbocycles. The number of pyridine rings is 1. The zero-order valence-electron chi connectivity index (χ0n) is 18.6. The third-order valence-corrected chi connectivity index (χ3v) is 5.10. The van der Waals surface area contributed by atoms with Gasteiger partial charge in [-0.3, -0.25) is 19.3 Å². The van der Waals surface area contributed by atoms with Crippen molar-refractivity contribution in [3.63, 3.8) is 0 Å². The molecular formula is C26H23N3O4. The number of carbonyl (C=O) groups excluding carboxylic acids is 3. The fourth-order valence-electron chi connectivity index (χ4n) is 3.87. The summed E-state index contributed by atoms with van der Waals surface area (Å²) in [4.78, 5) is 42.5. The summed E-state index contributed by atoms with van der Waals surface area (Å²) < 4.78 is 5.16. The molecule has 1 aromatic heterocycles. The van der Waals surface area contributed by atoms with Crippen molar-refractivity contribution in [2.24, 2.45) is 0 Å². The summed E-state index contributed by atoms with van der Waals surface area (Å²) in [5, 5.41) is 4.40. The van der Waals surface area contributed by atoms with Crippen LogP contribution >= 0.6 is 0 Å². The molecule has 7 nitrogen and oxygen atoms in total. The van der Waals surface area contributed by atoms with Crippen molar-refractivity contribution in [1.29, 1.82) is 0 Å². The molecule has 7 heteroatoms. The first-order valence-electron chi connectivity index (χ1n) is 10.5. The van der Waals surface area contributed by atoms with Crippen LogP contribution in [0, 0.1) is 0 Å². The van der Waals surface area contributed by atoms with Crippen LogP contribution in [0.1, 0.15) is 26.3 Å². The summed E-state index contributed by atoms with van der Waals surface area (Å²) in [6, 6.07) is 20.5. The average molecular weight is 441 g/mol. The Kier molecular flexibility index (Phi) is 6.04. The van der Waals surface area contributed by atoms with Crippen molar-refractivity contribution in [2.75, 3.05) is 10.2 Å². The lowest BCUT2D eigenvalue weighted by Gasteiger charge is -2.26. The molecule has 1 heterocycles. The summed E-state index contributed by atoms with van der Waals surface area (Å²) in [5.41, 5.74) is 3.89. The molecule has 0 saturated heterocycles. The first kappa shape index (κ1) is 22.0. The van der Waals surface area contributed by atoms with Crippen LogP contribution in [0.5, 0.6) is 0 Å². The van der Waals surface area contributed by atoms with E-state index in [2.05, 4.69) is 5.32 Å². The minimum atomic E-state index is -0.420. The molecule has 0 aliphatic carbocycles. The number of anilines is 3. The van der Waals surface area contributed by atoms with Gasteiger partial charge in [-0.15, -0.1) is 0 Å². The van der Waals surface area contributed by atoms with E-state index in [-0.39, 0.29) is 18.4 Å². The molecule has 4 rings (SSSR count). The minimum Gasteiger partial charge on any atom is -0.461 e. The van der Waals surface area contributed by atoms with Gasteiger partial charge in [0.15, 0.2) is 0 Å². The van der Waals surface area contributed by atoms with Gasteiger partial charge in [0.05, 0.1) is 22.4 Å². The van der Waals surface area contributed by atoms with Gasteiger partial charge in [0.1, 0.15) is 6.61 Å². The monoisotopic (exact) mass is 441 g/mol. The maximum atomic E-state index is 13.1. The molecule has 0 bridgehead atoms. The van der Waals surface area contributed by atoms with Gasteiger partial charge in [0.25, 0.3) is 0 Å². The number of aromatic nitrogens is 1. The number of benzene rings is 3. The SMILES string of the molecule is CC(=O)Nc1cc(COC(C)=O)cc(N(C(C)=O)c2c3ccccc3nc3ccccc23)c1. The maximum absolute atomic E-state index is 13.1. The molecule has 0 aliphatic rings. The number of carbonyl (C=O) groups is 3. The Bertz CT molecular complexity index is 1340. The average Bonchev–Trinajstić information content (AvgIpc) is 2.76. The Morgan fingerprint density at radius 1 is 0.879 bits per heavy atom. The molecule has 0 fully saturated rings. The van der Waals surface area contributed by atoms with Gasteiger partial charge in [0, 0.05) is 37.2 Å². The minimum absolute atomic E-state index is 0.0132. The molecule has 0 aliphatic heterocycles. The summed E-state index contributed by atoms with van der Waals surface area (Å²) >= 11 is 0. The second-order valence-electron chi connectivity index (χ2n) is 7.70. The first-order valence-corrected chi connectivity index (χ1v) is 10.5. The van der Waals surface area contributed by atoms with Gasteiger partial charge in [-0.2, -0.15) is 0 Å². The van der Waals surface area contributed by atoms with Gasteiger partial charge in [-0.25, -0.2) is 4.98 Å². The van der Waals surface area contributed by atoms with Crippen LogP contribution in [0.15, 0.2) is 66.7 Å². The fourth-order valence-corrected chi connectivity index (χ4v) is 3.87. The zero-order valence-corrected chi connectivity index (χ0v) is 18.6. The summed E-state index contributed by atoms with van der Waals surface area (Å²) in [6.45, 7) is 4.24. The summed E-state index contributed by atoms with van der Waals surface area (Å²) in [7, 11) is 0. The van der Waals surface area contributed by atoms with Gasteiger partial charge in [-0.1, -0.05) is 36.4 Å². The van der Waals surface area contributed by atoms with Gasteiger partial charge >= 0.3 is 5.97 Å². The van der Waals surface area contributed by atoms with Crippen LogP contribution in [0.25, 0.3) is 21.8 Å². The highest BCUT2D eigenvalue weighted by molar-refractivity contribution is 6.16. The van der Waals surface area contributed by atoms with Crippen LogP contribution in [0.4, 0.5) is 17.1 Å². The topological polar surface area (TPSA) is 88.6 Å². The maximum Gasteiger partial charge on any atom is 0.302 e. The van der Waals surface area contributed by atoms with E-state index in [1.165, 1.54) is 20.8 Å². The molecule has 2 amide bonds. The number of rotatable bonds is 5. The molecule has 0 radical (unpaired) electrons. The molecule has 0 atom stereocenters. The standard InChI is InChI=1S/C26H23N3O4/c1-16(30)27-20-12-19(15-33-18(3)32)13-21(14-20)29(17(2)31)26-22-8-4-6-10-24(22)28-25-11-7-5-9-23(25)26/h4-14H,15H2,1-3H3,(H,27,30). The quantitative estimate of drug-likeness (QED) is 0.344. The number of hydrogen-bond donors (Lipinski definition) is 1. The molecule has 0 saturated carbocycles. The number of esters is 1. The summed E-state index contributed by atoms with van der Waals surface area (Å²) in [5.74, 6) is -0.884. The number of hydrogen-bond acceptors (Lipinski definition) is 5. The zero-order chi connectivity index (χ0) is 23.5. The van der Waals surface area contributed by atoms with E-state index < -0.39 is 5.97 Å². The van der Waals surface area contributed by atoms with Crippen LogP contribution in [-0.2, 0) is 25.7 Å². The number of nitrogens with one attached hydrogen (secondary N) is 1. The van der Waals surface area contributed by atoms with Crippen molar-refractivity contribution in [1.82, 2.24) is 4.98 Å². The van der Waals surface area contributed by atoms with Crippen molar-refractivity contribution in [3.8, 4) is 0 Å². The van der Waals surface area contributed by atoms with Crippen LogP contribution < -0.4 is 10.2 Å². The van der Waals surface area contributed by atoms with E-state index in [1.807, 2.05) is 48.5 Å². The van der Waals surface area contributed by atoms with Crippen LogP contribution in [0.3, 0.4) is 0 Å². The first-order chi connectivity index (χ1) is 15.8. The van der Waals surface area contributed by atoms with E-state index in [0.29, 0.717) is 22.6 Å². The molecule has 0 unspecified atom stereocenters. The third-order valence-electron chi connectivity index (χ3n) is 5.10. The Hall–Kier alpha value is -4.26. The predicted octanol–water partition coefficient (Wildman–Crippen LogP) is 5.09. The van der Waals surface area contributed by atoms with E-state index >= 15 is 0 Å². The van der Waals surface area contributed by atoms with Crippen molar-refractivity contribution < 1.29 is 19.1 Å². The molecule has 0 spiro atoms. The molecule has 166 valence electrons. The van der Waals surface area contributed by atoms with Gasteiger partial charge in [0.2, 0.25) is 11.8 Å². The Morgan fingerprint density at radius 2 is 1.48 bits per heavy atom. The lowest BCUT2D eigenvalue weighted by Crippen LogP contribution is -2.24. The van der Waals surface area contributed by atoms with Crippen molar-refractivity contribution in [3.05, 3.63) is 72.3 Å². The lowest BCUT2D eigenvalue weighted by atomic mass is 10.0. The predicted molar refractivity (Wildman–Crippen MR) is 128 cm³/mol. The highest BCUT2D eigenvalue weighted by atomic mass is 16.5.